The Morgan fingerprint density at radius 2 is 1.88 bits per heavy atom. The van der Waals surface area contributed by atoms with E-state index in [4.69, 9.17) is 21.6 Å². The number of rotatable bonds is 1. The lowest BCUT2D eigenvalue weighted by atomic mass is 9.78. The van der Waals surface area contributed by atoms with Crippen molar-refractivity contribution in [3.63, 3.8) is 0 Å². The van der Waals surface area contributed by atoms with Crippen molar-refractivity contribution in [2.45, 2.75) is 45.6 Å². The van der Waals surface area contributed by atoms with E-state index >= 15 is 0 Å². The van der Waals surface area contributed by atoms with Gasteiger partial charge in [-0.15, -0.1) is 0 Å². The summed E-state index contributed by atoms with van der Waals surface area (Å²) < 4.78 is 5.49. The number of likely N-dealkylation sites (tertiary alicyclic amines) is 1. The number of nitrogens with zero attached hydrogens (tertiary/aromatic N) is 3. The highest BCUT2D eigenvalue weighted by molar-refractivity contribution is 6.32. The Kier molecular flexibility index (Phi) is 5.07. The van der Waals surface area contributed by atoms with Crippen LogP contribution in [0.15, 0.2) is 18.2 Å². The van der Waals surface area contributed by atoms with Crippen LogP contribution >= 0.6 is 11.6 Å². The van der Waals surface area contributed by atoms with Gasteiger partial charge in [-0.1, -0.05) is 11.6 Å². The smallest absolute Gasteiger partial charge is 0.410 e. The van der Waals surface area contributed by atoms with Crippen LogP contribution in [-0.4, -0.2) is 42.8 Å². The van der Waals surface area contributed by atoms with Crippen LogP contribution in [0.3, 0.4) is 0 Å². The monoisotopic (exact) mass is 375 g/mol. The first-order valence-electron chi connectivity index (χ1n) is 9.14. The quantitative estimate of drug-likeness (QED) is 0.728. The molecular formula is C20H26ClN3O2. The first-order chi connectivity index (χ1) is 12.2. The first kappa shape index (κ1) is 18.8. The van der Waals surface area contributed by atoms with E-state index in [1.54, 1.807) is 6.07 Å². The Balaban J connectivity index is 1.60. The maximum Gasteiger partial charge on any atom is 0.410 e. The predicted molar refractivity (Wildman–Crippen MR) is 102 cm³/mol. The van der Waals surface area contributed by atoms with Crippen molar-refractivity contribution in [3.05, 3.63) is 28.8 Å². The number of piperidine rings is 1. The third-order valence-corrected chi connectivity index (χ3v) is 5.67. The summed E-state index contributed by atoms with van der Waals surface area (Å²) in [6.45, 7) is 9.13. The van der Waals surface area contributed by atoms with Gasteiger partial charge in [-0.2, -0.15) is 5.26 Å². The fraction of sp³-hybridized carbons (Fsp3) is 0.600. The van der Waals surface area contributed by atoms with Crippen molar-refractivity contribution in [2.24, 2.45) is 5.41 Å². The van der Waals surface area contributed by atoms with Crippen molar-refractivity contribution in [1.29, 1.82) is 5.26 Å². The second-order valence-electron chi connectivity index (χ2n) is 8.41. The van der Waals surface area contributed by atoms with E-state index in [9.17, 15) is 4.79 Å². The van der Waals surface area contributed by atoms with Gasteiger partial charge in [0, 0.05) is 31.9 Å². The lowest BCUT2D eigenvalue weighted by Gasteiger charge is -2.39. The molecule has 5 nitrogen and oxygen atoms in total. The summed E-state index contributed by atoms with van der Waals surface area (Å²) in [7, 11) is 0. The molecule has 6 heteroatoms. The molecule has 1 aromatic rings. The minimum absolute atomic E-state index is 0.207. The third kappa shape index (κ3) is 4.07. The molecule has 2 aliphatic rings. The molecule has 2 aliphatic heterocycles. The molecular weight excluding hydrogens is 350 g/mol. The topological polar surface area (TPSA) is 56.6 Å². The van der Waals surface area contributed by atoms with Crippen molar-refractivity contribution in [3.8, 4) is 6.07 Å². The van der Waals surface area contributed by atoms with E-state index in [2.05, 4.69) is 11.0 Å². The minimum Gasteiger partial charge on any atom is -0.444 e. The second-order valence-corrected chi connectivity index (χ2v) is 8.82. The highest BCUT2D eigenvalue weighted by atomic mass is 35.5. The van der Waals surface area contributed by atoms with Gasteiger partial charge in [0.15, 0.2) is 0 Å². The SMILES string of the molecule is CC(C)(C)OC(=O)N1CCC2(CC1)CCN(c1ccc(C#N)c(Cl)c1)C2. The number of nitriles is 1. The van der Waals surface area contributed by atoms with Crippen LogP contribution in [0.4, 0.5) is 10.5 Å². The molecule has 0 bridgehead atoms. The van der Waals surface area contributed by atoms with E-state index in [1.807, 2.05) is 37.8 Å². The molecule has 2 heterocycles. The summed E-state index contributed by atoms with van der Waals surface area (Å²) in [6, 6.07) is 7.74. The molecule has 0 radical (unpaired) electrons. The second kappa shape index (κ2) is 7.00. The number of halogens is 1. The lowest BCUT2D eigenvalue weighted by molar-refractivity contribution is 0.0122. The standard InChI is InChI=1S/C20H26ClN3O2/c1-19(2,3)26-18(25)23-9-6-20(7-10-23)8-11-24(14-20)16-5-4-15(13-22)17(21)12-16/h4-5,12H,6-11,14H2,1-3H3. The van der Waals surface area contributed by atoms with Gasteiger partial charge in [0.25, 0.3) is 0 Å². The van der Waals surface area contributed by atoms with Crippen LogP contribution in [0, 0.1) is 16.7 Å². The highest BCUT2D eigenvalue weighted by Gasteiger charge is 2.42. The number of hydrogen-bond donors (Lipinski definition) is 0. The van der Waals surface area contributed by atoms with E-state index in [0.29, 0.717) is 10.6 Å². The third-order valence-electron chi connectivity index (χ3n) is 5.35. The maximum atomic E-state index is 12.3. The number of carbonyl (C=O) groups excluding carboxylic acids is 1. The number of anilines is 1. The molecule has 1 spiro atoms. The van der Waals surface area contributed by atoms with E-state index in [-0.39, 0.29) is 11.5 Å². The lowest BCUT2D eigenvalue weighted by Crippen LogP contribution is -2.46. The molecule has 1 aromatic carbocycles. The Bertz CT molecular complexity index is 728. The summed E-state index contributed by atoms with van der Waals surface area (Å²) in [5, 5.41) is 9.53. The zero-order valence-corrected chi connectivity index (χ0v) is 16.5. The van der Waals surface area contributed by atoms with E-state index in [1.165, 1.54) is 0 Å². The fourth-order valence-electron chi connectivity index (χ4n) is 3.85. The number of amides is 1. The van der Waals surface area contributed by atoms with Crippen LogP contribution in [0.5, 0.6) is 0 Å². The molecule has 0 N–H and O–H groups in total. The zero-order valence-electron chi connectivity index (χ0n) is 15.7. The molecule has 0 saturated carbocycles. The molecule has 1 amide bonds. The Morgan fingerprint density at radius 1 is 1.23 bits per heavy atom. The van der Waals surface area contributed by atoms with Gasteiger partial charge in [0.1, 0.15) is 11.7 Å². The Morgan fingerprint density at radius 3 is 2.46 bits per heavy atom. The van der Waals surface area contributed by atoms with Crippen LogP contribution in [0.1, 0.15) is 45.6 Å². The van der Waals surface area contributed by atoms with Gasteiger partial charge in [-0.25, -0.2) is 4.79 Å². The van der Waals surface area contributed by atoms with Crippen LogP contribution in [0.25, 0.3) is 0 Å². The first-order valence-corrected chi connectivity index (χ1v) is 9.52. The van der Waals surface area contributed by atoms with Gasteiger partial charge in [0.05, 0.1) is 10.6 Å². The van der Waals surface area contributed by atoms with Crippen molar-refractivity contribution < 1.29 is 9.53 Å². The van der Waals surface area contributed by atoms with Crippen LogP contribution in [-0.2, 0) is 4.74 Å². The molecule has 2 fully saturated rings. The van der Waals surface area contributed by atoms with E-state index < -0.39 is 5.60 Å². The molecule has 140 valence electrons. The van der Waals surface area contributed by atoms with Gasteiger partial charge in [0.2, 0.25) is 0 Å². The van der Waals surface area contributed by atoms with Gasteiger partial charge < -0.3 is 14.5 Å². The van der Waals surface area contributed by atoms with Crippen molar-refractivity contribution in [2.75, 3.05) is 31.1 Å². The Hall–Kier alpha value is -1.93. The average molecular weight is 376 g/mol. The molecule has 2 saturated heterocycles. The summed E-state index contributed by atoms with van der Waals surface area (Å²) in [5.74, 6) is 0. The van der Waals surface area contributed by atoms with Crippen molar-refractivity contribution >= 4 is 23.4 Å². The van der Waals surface area contributed by atoms with Crippen LogP contribution in [0.2, 0.25) is 5.02 Å². The summed E-state index contributed by atoms with van der Waals surface area (Å²) >= 11 is 6.18. The summed E-state index contributed by atoms with van der Waals surface area (Å²) in [6.07, 6.45) is 2.90. The molecule has 0 aromatic heterocycles. The Labute approximate surface area is 160 Å². The van der Waals surface area contributed by atoms with Gasteiger partial charge in [-0.05, 0) is 63.6 Å². The number of carbonyl (C=O) groups is 1. The minimum atomic E-state index is -0.453. The molecule has 0 atom stereocenters. The number of benzene rings is 1. The summed E-state index contributed by atoms with van der Waals surface area (Å²) in [4.78, 5) is 16.4. The van der Waals surface area contributed by atoms with Crippen molar-refractivity contribution in [1.82, 2.24) is 4.90 Å². The van der Waals surface area contributed by atoms with Gasteiger partial charge in [-0.3, -0.25) is 0 Å². The zero-order chi connectivity index (χ0) is 18.9. The maximum absolute atomic E-state index is 12.3. The molecule has 3 rings (SSSR count). The summed E-state index contributed by atoms with van der Waals surface area (Å²) in [5.41, 5.74) is 1.37. The fourth-order valence-corrected chi connectivity index (χ4v) is 4.06. The number of hydrogen-bond acceptors (Lipinski definition) is 4. The van der Waals surface area contributed by atoms with Crippen LogP contribution < -0.4 is 4.90 Å². The molecule has 0 unspecified atom stereocenters. The number of ether oxygens (including phenoxy) is 1. The largest absolute Gasteiger partial charge is 0.444 e. The normalized spacial score (nSPS) is 19.5. The van der Waals surface area contributed by atoms with Gasteiger partial charge >= 0.3 is 6.09 Å². The molecule has 0 aliphatic carbocycles. The average Bonchev–Trinajstić information content (AvgIpc) is 2.97. The molecule has 26 heavy (non-hydrogen) atoms. The predicted octanol–water partition coefficient (Wildman–Crippen LogP) is 4.44. The highest BCUT2D eigenvalue weighted by Crippen LogP contribution is 2.42. The van der Waals surface area contributed by atoms with E-state index in [0.717, 1.165) is 51.1 Å².